The number of ether oxygens (including phenoxy) is 1. The molecule has 24 heavy (non-hydrogen) atoms. The minimum atomic E-state index is -0.459. The summed E-state index contributed by atoms with van der Waals surface area (Å²) in [6, 6.07) is 13.9. The van der Waals surface area contributed by atoms with Gasteiger partial charge in [0.15, 0.2) is 5.43 Å². The van der Waals surface area contributed by atoms with E-state index in [0.717, 1.165) is 11.3 Å². The molecule has 120 valence electrons. The van der Waals surface area contributed by atoms with Crippen molar-refractivity contribution in [1.82, 2.24) is 4.90 Å². The lowest BCUT2D eigenvalue weighted by molar-refractivity contribution is 0.0771. The second-order valence-electron chi connectivity index (χ2n) is 5.76. The van der Waals surface area contributed by atoms with Crippen molar-refractivity contribution in [2.24, 2.45) is 0 Å². The molecular formula is C19H15NO4. The first-order valence-corrected chi connectivity index (χ1v) is 7.58. The molecule has 1 amide bonds. The van der Waals surface area contributed by atoms with Gasteiger partial charge in [0.25, 0.3) is 5.91 Å². The van der Waals surface area contributed by atoms with Crippen molar-refractivity contribution < 1.29 is 13.9 Å². The number of fused-ring (bicyclic) bond motifs is 2. The van der Waals surface area contributed by atoms with E-state index in [9.17, 15) is 9.59 Å². The Labute approximate surface area is 138 Å². The molecule has 0 fully saturated rings. The van der Waals surface area contributed by atoms with E-state index in [1.165, 1.54) is 4.90 Å². The highest BCUT2D eigenvalue weighted by molar-refractivity contribution is 5.98. The number of methoxy groups -OCH3 is 1. The SMILES string of the molecule is COc1ccc([C@@H]2c3c(oc4ccccc4c3=O)C(=O)N2C)cc1. The third-order valence-corrected chi connectivity index (χ3v) is 4.44. The molecule has 2 aromatic carbocycles. The molecule has 1 aliphatic heterocycles. The fraction of sp³-hybridized carbons (Fsp3) is 0.158. The minimum Gasteiger partial charge on any atom is -0.497 e. The van der Waals surface area contributed by atoms with Crippen LogP contribution < -0.4 is 10.2 Å². The van der Waals surface area contributed by atoms with Gasteiger partial charge in [0, 0.05) is 7.05 Å². The predicted molar refractivity (Wildman–Crippen MR) is 89.4 cm³/mol. The maximum absolute atomic E-state index is 13.0. The van der Waals surface area contributed by atoms with E-state index in [0.29, 0.717) is 16.5 Å². The van der Waals surface area contributed by atoms with Crippen LogP contribution >= 0.6 is 0 Å². The van der Waals surface area contributed by atoms with Gasteiger partial charge in [0.1, 0.15) is 11.3 Å². The lowest BCUT2D eigenvalue weighted by Gasteiger charge is -2.20. The first-order chi connectivity index (χ1) is 11.6. The molecule has 0 N–H and O–H groups in total. The van der Waals surface area contributed by atoms with Crippen LogP contribution in [-0.2, 0) is 0 Å². The van der Waals surface area contributed by atoms with Crippen LogP contribution in [0.4, 0.5) is 0 Å². The number of amides is 1. The Morgan fingerprint density at radius 3 is 2.46 bits per heavy atom. The topological polar surface area (TPSA) is 59.8 Å². The molecule has 1 aromatic heterocycles. The number of hydrogen-bond donors (Lipinski definition) is 0. The fourth-order valence-corrected chi connectivity index (χ4v) is 3.21. The monoisotopic (exact) mass is 321 g/mol. The molecular weight excluding hydrogens is 306 g/mol. The highest BCUT2D eigenvalue weighted by Crippen LogP contribution is 2.37. The highest BCUT2D eigenvalue weighted by Gasteiger charge is 2.40. The Hall–Kier alpha value is -3.08. The third kappa shape index (κ3) is 1.94. The van der Waals surface area contributed by atoms with Gasteiger partial charge in [-0.25, -0.2) is 0 Å². The van der Waals surface area contributed by atoms with Gasteiger partial charge in [-0.05, 0) is 29.8 Å². The lowest BCUT2D eigenvalue weighted by atomic mass is 9.99. The third-order valence-electron chi connectivity index (χ3n) is 4.44. The van der Waals surface area contributed by atoms with Crippen molar-refractivity contribution in [3.8, 4) is 5.75 Å². The maximum atomic E-state index is 13.0. The summed E-state index contributed by atoms with van der Waals surface area (Å²) in [5.41, 5.74) is 1.50. The molecule has 4 rings (SSSR count). The Bertz CT molecular complexity index is 1000. The summed E-state index contributed by atoms with van der Waals surface area (Å²) in [6.07, 6.45) is 0. The molecule has 3 aromatic rings. The average molecular weight is 321 g/mol. The van der Waals surface area contributed by atoms with Crippen molar-refractivity contribution >= 4 is 16.9 Å². The predicted octanol–water partition coefficient (Wildman–Crippen LogP) is 2.98. The van der Waals surface area contributed by atoms with Gasteiger partial charge in [-0.3, -0.25) is 9.59 Å². The zero-order valence-electron chi connectivity index (χ0n) is 13.3. The number of para-hydroxylation sites is 1. The molecule has 0 aliphatic carbocycles. The summed E-state index contributed by atoms with van der Waals surface area (Å²) < 4.78 is 10.9. The number of nitrogens with zero attached hydrogens (tertiary/aromatic N) is 1. The Balaban J connectivity index is 1.97. The van der Waals surface area contributed by atoms with E-state index in [4.69, 9.17) is 9.15 Å². The molecule has 1 atom stereocenters. The van der Waals surface area contributed by atoms with Crippen molar-refractivity contribution in [1.29, 1.82) is 0 Å². The van der Waals surface area contributed by atoms with E-state index in [2.05, 4.69) is 0 Å². The molecule has 0 spiro atoms. The molecule has 1 aliphatic rings. The molecule has 5 nitrogen and oxygen atoms in total. The van der Waals surface area contributed by atoms with E-state index in [1.54, 1.807) is 38.4 Å². The molecule has 0 unspecified atom stereocenters. The van der Waals surface area contributed by atoms with Crippen LogP contribution in [0.1, 0.15) is 27.7 Å². The van der Waals surface area contributed by atoms with Crippen LogP contribution in [0.5, 0.6) is 5.75 Å². The number of carbonyl (C=O) groups is 1. The van der Waals surface area contributed by atoms with Crippen LogP contribution in [0, 0.1) is 0 Å². The number of hydrogen-bond acceptors (Lipinski definition) is 4. The fourth-order valence-electron chi connectivity index (χ4n) is 3.21. The Kier molecular flexibility index (Phi) is 3.16. The van der Waals surface area contributed by atoms with Crippen LogP contribution in [-0.4, -0.2) is 25.0 Å². The van der Waals surface area contributed by atoms with Crippen molar-refractivity contribution in [3.63, 3.8) is 0 Å². The van der Waals surface area contributed by atoms with Crippen LogP contribution in [0.15, 0.2) is 57.7 Å². The summed E-state index contributed by atoms with van der Waals surface area (Å²) in [4.78, 5) is 27.1. The Morgan fingerprint density at radius 1 is 1.04 bits per heavy atom. The van der Waals surface area contributed by atoms with Gasteiger partial charge in [0.2, 0.25) is 5.76 Å². The smallest absolute Gasteiger partial charge is 0.290 e. The molecule has 0 saturated heterocycles. The van der Waals surface area contributed by atoms with Crippen LogP contribution in [0.2, 0.25) is 0 Å². The number of carbonyl (C=O) groups excluding carboxylic acids is 1. The Morgan fingerprint density at radius 2 is 1.75 bits per heavy atom. The van der Waals surface area contributed by atoms with E-state index in [1.807, 2.05) is 24.3 Å². The first kappa shape index (κ1) is 14.5. The van der Waals surface area contributed by atoms with Gasteiger partial charge in [-0.15, -0.1) is 0 Å². The first-order valence-electron chi connectivity index (χ1n) is 7.58. The molecule has 0 bridgehead atoms. The van der Waals surface area contributed by atoms with Crippen molar-refractivity contribution in [3.05, 3.63) is 75.6 Å². The van der Waals surface area contributed by atoms with Crippen LogP contribution in [0.25, 0.3) is 11.0 Å². The lowest BCUT2D eigenvalue weighted by Crippen LogP contribution is -2.25. The van der Waals surface area contributed by atoms with Crippen molar-refractivity contribution in [2.75, 3.05) is 14.2 Å². The summed E-state index contributed by atoms with van der Waals surface area (Å²) >= 11 is 0. The van der Waals surface area contributed by atoms with E-state index in [-0.39, 0.29) is 17.1 Å². The number of rotatable bonds is 2. The van der Waals surface area contributed by atoms with Gasteiger partial charge < -0.3 is 14.1 Å². The molecule has 2 heterocycles. The van der Waals surface area contributed by atoms with Crippen LogP contribution in [0.3, 0.4) is 0 Å². The summed E-state index contributed by atoms with van der Waals surface area (Å²) in [5.74, 6) is 0.562. The van der Waals surface area contributed by atoms with Gasteiger partial charge in [0.05, 0.1) is 24.1 Å². The maximum Gasteiger partial charge on any atom is 0.290 e. The second kappa shape index (κ2) is 5.23. The summed E-state index contributed by atoms with van der Waals surface area (Å²) in [7, 11) is 3.27. The largest absolute Gasteiger partial charge is 0.497 e. The minimum absolute atomic E-state index is 0.127. The zero-order valence-corrected chi connectivity index (χ0v) is 13.3. The van der Waals surface area contributed by atoms with Crippen molar-refractivity contribution in [2.45, 2.75) is 6.04 Å². The highest BCUT2D eigenvalue weighted by atomic mass is 16.5. The average Bonchev–Trinajstić information content (AvgIpc) is 2.87. The van der Waals surface area contributed by atoms with E-state index >= 15 is 0 Å². The molecule has 0 saturated carbocycles. The van der Waals surface area contributed by atoms with E-state index < -0.39 is 6.04 Å². The van der Waals surface area contributed by atoms with Gasteiger partial charge >= 0.3 is 0 Å². The molecule has 5 heteroatoms. The molecule has 0 radical (unpaired) electrons. The zero-order chi connectivity index (χ0) is 16.8. The van der Waals surface area contributed by atoms with Gasteiger partial charge in [-0.1, -0.05) is 24.3 Å². The quantitative estimate of drug-likeness (QED) is 0.728. The normalized spacial score (nSPS) is 16.5. The number of benzene rings is 2. The second-order valence-corrected chi connectivity index (χ2v) is 5.76. The summed E-state index contributed by atoms with van der Waals surface area (Å²) in [6.45, 7) is 0. The van der Waals surface area contributed by atoms with Gasteiger partial charge in [-0.2, -0.15) is 0 Å². The standard InChI is InChI=1S/C19H15NO4/c1-20-16(11-7-9-12(23-2)10-8-11)15-17(21)13-5-3-4-6-14(13)24-18(15)19(20)22/h3-10,16H,1-2H3/t16-/m1/s1. The summed E-state index contributed by atoms with van der Waals surface area (Å²) in [5, 5.41) is 0.484.